The highest BCUT2D eigenvalue weighted by molar-refractivity contribution is 6.01. The molecule has 3 aromatic rings. The largest absolute Gasteiger partial charge is 0.497 e. The van der Waals surface area contributed by atoms with Crippen molar-refractivity contribution in [3.8, 4) is 17.2 Å². The molecule has 2 heterocycles. The molecule has 158 valence electrons. The Hall–Kier alpha value is -3.58. The SMILES string of the molecule is COc1cccc(C(O)c2ccc(NC(=O)C3(c4ccc5c(c4)OCO5)CC3)nc2)c1. The monoisotopic (exact) mass is 418 g/mol. The Morgan fingerprint density at radius 2 is 1.94 bits per heavy atom. The second-order valence-corrected chi connectivity index (χ2v) is 7.76. The first-order valence-corrected chi connectivity index (χ1v) is 10.1. The number of fused-ring (bicyclic) bond motifs is 1. The van der Waals surface area contributed by atoms with Crippen LogP contribution in [0, 0.1) is 0 Å². The first-order valence-electron chi connectivity index (χ1n) is 10.1. The van der Waals surface area contributed by atoms with Crippen LogP contribution in [0.15, 0.2) is 60.8 Å². The van der Waals surface area contributed by atoms with Gasteiger partial charge in [-0.2, -0.15) is 0 Å². The number of carbonyl (C=O) groups is 1. The predicted molar refractivity (Wildman–Crippen MR) is 113 cm³/mol. The summed E-state index contributed by atoms with van der Waals surface area (Å²) < 4.78 is 16.0. The summed E-state index contributed by atoms with van der Waals surface area (Å²) in [6.45, 7) is 0.204. The number of nitrogens with zero attached hydrogens (tertiary/aromatic N) is 1. The summed E-state index contributed by atoms with van der Waals surface area (Å²) in [5.74, 6) is 2.39. The molecule has 1 atom stereocenters. The molecule has 2 aliphatic rings. The molecule has 2 N–H and O–H groups in total. The Labute approximate surface area is 179 Å². The third kappa shape index (κ3) is 3.57. The maximum absolute atomic E-state index is 13.0. The number of aliphatic hydroxyl groups excluding tert-OH is 1. The van der Waals surface area contributed by atoms with Gasteiger partial charge in [-0.3, -0.25) is 4.79 Å². The number of carbonyl (C=O) groups excluding carboxylic acids is 1. The summed E-state index contributed by atoms with van der Waals surface area (Å²) in [6, 6.07) is 16.4. The van der Waals surface area contributed by atoms with E-state index in [9.17, 15) is 9.90 Å². The minimum absolute atomic E-state index is 0.0973. The van der Waals surface area contributed by atoms with Gasteiger partial charge in [0.05, 0.1) is 12.5 Å². The molecule has 0 radical (unpaired) electrons. The summed E-state index contributed by atoms with van der Waals surface area (Å²) in [7, 11) is 1.58. The predicted octanol–water partition coefficient (Wildman–Crippen LogP) is 3.57. The highest BCUT2D eigenvalue weighted by Gasteiger charge is 2.51. The maximum atomic E-state index is 13.0. The third-order valence-electron chi connectivity index (χ3n) is 5.86. The van der Waals surface area contributed by atoms with Crippen molar-refractivity contribution in [2.45, 2.75) is 24.4 Å². The number of pyridine rings is 1. The number of rotatable bonds is 6. The van der Waals surface area contributed by atoms with Gasteiger partial charge >= 0.3 is 0 Å². The second-order valence-electron chi connectivity index (χ2n) is 7.76. The molecule has 31 heavy (non-hydrogen) atoms. The van der Waals surface area contributed by atoms with Crippen LogP contribution in [0.4, 0.5) is 5.82 Å². The van der Waals surface area contributed by atoms with Gasteiger partial charge in [0.2, 0.25) is 12.7 Å². The Kier molecular flexibility index (Phi) is 4.75. The van der Waals surface area contributed by atoms with Crippen LogP contribution in [0.2, 0.25) is 0 Å². The van der Waals surface area contributed by atoms with E-state index in [-0.39, 0.29) is 12.7 Å². The van der Waals surface area contributed by atoms with Crippen molar-refractivity contribution < 1.29 is 24.1 Å². The van der Waals surface area contributed by atoms with Gasteiger partial charge in [-0.15, -0.1) is 0 Å². The van der Waals surface area contributed by atoms with Crippen molar-refractivity contribution in [2.75, 3.05) is 19.2 Å². The topological polar surface area (TPSA) is 89.9 Å². The molecule has 5 rings (SSSR count). The number of benzene rings is 2. The van der Waals surface area contributed by atoms with E-state index < -0.39 is 11.5 Å². The second kappa shape index (κ2) is 7.59. The standard InChI is InChI=1S/C24H22N2O5/c1-29-18-4-2-3-15(11-18)22(27)16-5-8-21(25-13-16)26-23(28)24(9-10-24)17-6-7-19-20(12-17)31-14-30-19/h2-8,11-13,22,27H,9-10,14H2,1H3,(H,25,26,28). The fourth-order valence-electron chi connectivity index (χ4n) is 3.85. The van der Waals surface area contributed by atoms with Crippen LogP contribution in [0.25, 0.3) is 0 Å². The number of nitrogens with one attached hydrogen (secondary N) is 1. The van der Waals surface area contributed by atoms with Crippen molar-refractivity contribution in [3.05, 3.63) is 77.5 Å². The lowest BCUT2D eigenvalue weighted by Gasteiger charge is -2.17. The molecule has 7 nitrogen and oxygen atoms in total. The van der Waals surface area contributed by atoms with Gasteiger partial charge in [-0.05, 0) is 54.3 Å². The van der Waals surface area contributed by atoms with Gasteiger partial charge in [-0.25, -0.2) is 4.98 Å². The zero-order valence-electron chi connectivity index (χ0n) is 17.0. The summed E-state index contributed by atoms with van der Waals surface area (Å²) in [4.78, 5) is 17.4. The maximum Gasteiger partial charge on any atom is 0.236 e. The van der Waals surface area contributed by atoms with Crippen LogP contribution in [-0.2, 0) is 10.2 Å². The molecule has 1 saturated carbocycles. The van der Waals surface area contributed by atoms with Crippen molar-refractivity contribution >= 4 is 11.7 Å². The Balaban J connectivity index is 1.30. The normalized spacial score (nSPS) is 16.5. The molecule has 1 amide bonds. The molecule has 1 aromatic heterocycles. The highest BCUT2D eigenvalue weighted by Crippen LogP contribution is 2.51. The van der Waals surface area contributed by atoms with Gasteiger partial charge in [0, 0.05) is 11.8 Å². The number of amides is 1. The molecule has 1 unspecified atom stereocenters. The zero-order valence-corrected chi connectivity index (χ0v) is 17.0. The van der Waals surface area contributed by atoms with Crippen LogP contribution < -0.4 is 19.5 Å². The van der Waals surface area contributed by atoms with Crippen LogP contribution in [0.3, 0.4) is 0 Å². The minimum atomic E-state index is -0.837. The summed E-state index contributed by atoms with van der Waals surface area (Å²) in [6.07, 6.45) is 2.27. The van der Waals surface area contributed by atoms with E-state index in [1.165, 1.54) is 0 Å². The van der Waals surface area contributed by atoms with Crippen LogP contribution in [0.5, 0.6) is 17.2 Å². The molecule has 1 aliphatic heterocycles. The molecule has 2 aromatic carbocycles. The first-order chi connectivity index (χ1) is 15.1. The van der Waals surface area contributed by atoms with Crippen molar-refractivity contribution in [1.29, 1.82) is 0 Å². The Morgan fingerprint density at radius 1 is 1.10 bits per heavy atom. The number of aliphatic hydroxyl groups is 1. The molecule has 7 heteroatoms. The van der Waals surface area contributed by atoms with Crippen molar-refractivity contribution in [2.24, 2.45) is 0 Å². The number of hydrogen-bond donors (Lipinski definition) is 2. The fourth-order valence-corrected chi connectivity index (χ4v) is 3.85. The van der Waals surface area contributed by atoms with Crippen LogP contribution >= 0.6 is 0 Å². The van der Waals surface area contributed by atoms with E-state index in [4.69, 9.17) is 14.2 Å². The van der Waals surface area contributed by atoms with Gasteiger partial charge in [0.25, 0.3) is 0 Å². The van der Waals surface area contributed by atoms with E-state index in [1.54, 1.807) is 31.5 Å². The van der Waals surface area contributed by atoms with E-state index in [2.05, 4.69) is 10.3 Å². The van der Waals surface area contributed by atoms with Crippen LogP contribution in [0.1, 0.15) is 35.6 Å². The van der Waals surface area contributed by atoms with E-state index >= 15 is 0 Å². The molecule has 0 bridgehead atoms. The van der Waals surface area contributed by atoms with Gasteiger partial charge < -0.3 is 24.6 Å². The molecule has 1 aliphatic carbocycles. The summed E-state index contributed by atoms with van der Waals surface area (Å²) >= 11 is 0. The quantitative estimate of drug-likeness (QED) is 0.636. The average molecular weight is 418 g/mol. The van der Waals surface area contributed by atoms with E-state index in [0.717, 1.165) is 18.4 Å². The smallest absolute Gasteiger partial charge is 0.236 e. The molecular weight excluding hydrogens is 396 g/mol. The van der Waals surface area contributed by atoms with Gasteiger partial charge in [0.15, 0.2) is 11.5 Å². The van der Waals surface area contributed by atoms with Crippen LogP contribution in [-0.4, -0.2) is 29.9 Å². The van der Waals surface area contributed by atoms with Crippen molar-refractivity contribution in [1.82, 2.24) is 4.98 Å². The number of aromatic nitrogens is 1. The first kappa shape index (κ1) is 19.4. The number of anilines is 1. The number of ether oxygens (including phenoxy) is 3. The van der Waals surface area contributed by atoms with Gasteiger partial charge in [-0.1, -0.05) is 24.3 Å². The molecule has 0 saturated heterocycles. The molecule has 1 fully saturated rings. The number of methoxy groups -OCH3 is 1. The van der Waals surface area contributed by atoms with Gasteiger partial charge in [0.1, 0.15) is 17.7 Å². The summed E-state index contributed by atoms with van der Waals surface area (Å²) in [5.41, 5.74) is 1.68. The lowest BCUT2D eigenvalue weighted by atomic mass is 9.94. The highest BCUT2D eigenvalue weighted by atomic mass is 16.7. The lowest BCUT2D eigenvalue weighted by Crippen LogP contribution is -2.28. The average Bonchev–Trinajstić information content (AvgIpc) is 3.50. The Morgan fingerprint density at radius 3 is 2.68 bits per heavy atom. The Bertz CT molecular complexity index is 1130. The number of hydrogen-bond acceptors (Lipinski definition) is 6. The third-order valence-corrected chi connectivity index (χ3v) is 5.86. The molecule has 0 spiro atoms. The fraction of sp³-hybridized carbons (Fsp3) is 0.250. The summed E-state index contributed by atoms with van der Waals surface area (Å²) in [5, 5.41) is 13.6. The lowest BCUT2D eigenvalue weighted by molar-refractivity contribution is -0.118. The zero-order chi connectivity index (χ0) is 21.4. The molecular formula is C24H22N2O5. The van der Waals surface area contributed by atoms with E-state index in [0.29, 0.717) is 34.2 Å². The van der Waals surface area contributed by atoms with Crippen molar-refractivity contribution in [3.63, 3.8) is 0 Å². The minimum Gasteiger partial charge on any atom is -0.497 e. The van der Waals surface area contributed by atoms with E-state index in [1.807, 2.05) is 36.4 Å².